The average Bonchev–Trinajstić information content (AvgIpc) is 2.65. The molecule has 0 aliphatic rings. The van der Waals surface area contributed by atoms with E-state index in [-0.39, 0.29) is 11.3 Å². The Bertz CT molecular complexity index is 507. The van der Waals surface area contributed by atoms with Crippen LogP contribution in [0.2, 0.25) is 0 Å². The van der Waals surface area contributed by atoms with Gasteiger partial charge in [-0.15, -0.1) is 0 Å². The number of pyridine rings is 1. The summed E-state index contributed by atoms with van der Waals surface area (Å²) in [7, 11) is 1.95. The van der Waals surface area contributed by atoms with Gasteiger partial charge >= 0.3 is 0 Å². The first-order chi connectivity index (χ1) is 8.58. The van der Waals surface area contributed by atoms with Crippen molar-refractivity contribution < 1.29 is 0 Å². The first-order valence-electron chi connectivity index (χ1n) is 5.91. The number of aromatic nitrogens is 3. The van der Waals surface area contributed by atoms with Crippen LogP contribution < -0.4 is 5.73 Å². The monoisotopic (exact) mass is 262 g/mol. The minimum absolute atomic E-state index is 0.0279. The lowest BCUT2D eigenvalue weighted by Crippen LogP contribution is -2.23. The first kappa shape index (κ1) is 13.1. The summed E-state index contributed by atoms with van der Waals surface area (Å²) < 4.78 is 1.89. The molecule has 0 fully saturated rings. The summed E-state index contributed by atoms with van der Waals surface area (Å²) in [5.74, 6) is 0. The molecule has 2 aromatic rings. The zero-order valence-corrected chi connectivity index (χ0v) is 11.7. The van der Waals surface area contributed by atoms with Crippen LogP contribution in [-0.4, -0.2) is 20.8 Å². The predicted octanol–water partition coefficient (Wildman–Crippen LogP) is 2.30. The van der Waals surface area contributed by atoms with Gasteiger partial charge in [0.2, 0.25) is 0 Å². The number of rotatable bonds is 4. The van der Waals surface area contributed by atoms with Crippen molar-refractivity contribution in [1.82, 2.24) is 14.8 Å². The molecule has 0 aliphatic heterocycles. The minimum atomic E-state index is 0.0279. The summed E-state index contributed by atoms with van der Waals surface area (Å²) in [5.41, 5.74) is 8.11. The van der Waals surface area contributed by atoms with Gasteiger partial charge in [-0.2, -0.15) is 5.10 Å². The van der Waals surface area contributed by atoms with Crippen LogP contribution >= 0.6 is 11.8 Å². The number of hydrogen-bond acceptors (Lipinski definition) is 4. The van der Waals surface area contributed by atoms with Crippen molar-refractivity contribution in [3.63, 3.8) is 0 Å². The molecule has 0 saturated heterocycles. The van der Waals surface area contributed by atoms with Crippen LogP contribution in [0.25, 0.3) is 0 Å². The van der Waals surface area contributed by atoms with Gasteiger partial charge in [0.25, 0.3) is 0 Å². The molecule has 0 spiro atoms. The number of hydrogen-bond donors (Lipinski definition) is 1. The average molecular weight is 262 g/mol. The lowest BCUT2D eigenvalue weighted by molar-refractivity contribution is 0.675. The molecule has 0 amide bonds. The minimum Gasteiger partial charge on any atom is -0.327 e. The van der Waals surface area contributed by atoms with Crippen LogP contribution in [-0.2, 0) is 7.05 Å². The van der Waals surface area contributed by atoms with E-state index in [9.17, 15) is 0 Å². The highest BCUT2D eigenvalue weighted by molar-refractivity contribution is 7.99. The van der Waals surface area contributed by atoms with Gasteiger partial charge in [0, 0.05) is 19.3 Å². The van der Waals surface area contributed by atoms with Crippen molar-refractivity contribution in [2.24, 2.45) is 12.8 Å². The van der Waals surface area contributed by atoms with E-state index in [1.807, 2.05) is 43.8 Å². The zero-order valence-electron chi connectivity index (χ0n) is 10.9. The molecule has 2 atom stereocenters. The van der Waals surface area contributed by atoms with Crippen LogP contribution in [0.1, 0.15) is 23.6 Å². The Morgan fingerprint density at radius 3 is 2.67 bits per heavy atom. The third-order valence-electron chi connectivity index (χ3n) is 2.66. The third-order valence-corrected chi connectivity index (χ3v) is 4.21. The summed E-state index contributed by atoms with van der Waals surface area (Å²) in [4.78, 5) is 4.40. The van der Waals surface area contributed by atoms with E-state index in [4.69, 9.17) is 5.73 Å². The SMILES string of the molecule is Cc1cc(SC(c2ccccn2)C(C)N)n(C)n1. The van der Waals surface area contributed by atoms with E-state index in [1.165, 1.54) is 0 Å². The fourth-order valence-corrected chi connectivity index (χ4v) is 2.98. The fourth-order valence-electron chi connectivity index (χ4n) is 1.81. The Kier molecular flexibility index (Phi) is 4.04. The van der Waals surface area contributed by atoms with Crippen LogP contribution in [0, 0.1) is 6.92 Å². The highest BCUT2D eigenvalue weighted by atomic mass is 32.2. The fraction of sp³-hybridized carbons (Fsp3) is 0.385. The molecule has 0 aromatic carbocycles. The summed E-state index contributed by atoms with van der Waals surface area (Å²) >= 11 is 1.71. The molecule has 0 aliphatic carbocycles. The number of aryl methyl sites for hydroxylation is 2. The second-order valence-electron chi connectivity index (χ2n) is 4.40. The normalized spacial score (nSPS) is 14.4. The van der Waals surface area contributed by atoms with Gasteiger partial charge in [0.15, 0.2) is 0 Å². The van der Waals surface area contributed by atoms with E-state index in [2.05, 4.69) is 16.1 Å². The van der Waals surface area contributed by atoms with E-state index in [0.717, 1.165) is 16.4 Å². The Hall–Kier alpha value is -1.33. The molecule has 18 heavy (non-hydrogen) atoms. The molecule has 4 nitrogen and oxygen atoms in total. The lowest BCUT2D eigenvalue weighted by Gasteiger charge is -2.19. The predicted molar refractivity (Wildman–Crippen MR) is 74.4 cm³/mol. The molecule has 0 bridgehead atoms. The summed E-state index contributed by atoms with van der Waals surface area (Å²) in [6.07, 6.45) is 1.81. The van der Waals surface area contributed by atoms with Crippen LogP contribution in [0.4, 0.5) is 0 Å². The molecule has 2 heterocycles. The number of thioether (sulfide) groups is 1. The maximum atomic E-state index is 6.08. The molecule has 5 heteroatoms. The van der Waals surface area contributed by atoms with E-state index in [1.54, 1.807) is 18.0 Å². The summed E-state index contributed by atoms with van der Waals surface area (Å²) in [6, 6.07) is 8.03. The van der Waals surface area contributed by atoms with Crippen molar-refractivity contribution in [1.29, 1.82) is 0 Å². The maximum absolute atomic E-state index is 6.08. The van der Waals surface area contributed by atoms with Crippen molar-refractivity contribution in [2.75, 3.05) is 0 Å². The molecule has 96 valence electrons. The largest absolute Gasteiger partial charge is 0.327 e. The Labute approximate surface area is 112 Å². The summed E-state index contributed by atoms with van der Waals surface area (Å²) in [6.45, 7) is 4.00. The second kappa shape index (κ2) is 5.54. The third kappa shape index (κ3) is 2.91. The van der Waals surface area contributed by atoms with Crippen molar-refractivity contribution >= 4 is 11.8 Å². The molecular formula is C13H18N4S. The van der Waals surface area contributed by atoms with Gasteiger partial charge < -0.3 is 5.73 Å². The topological polar surface area (TPSA) is 56.7 Å². The summed E-state index contributed by atoms with van der Waals surface area (Å²) in [5, 5.41) is 5.60. The molecular weight excluding hydrogens is 244 g/mol. The number of nitrogens with two attached hydrogens (primary N) is 1. The second-order valence-corrected chi connectivity index (χ2v) is 5.56. The van der Waals surface area contributed by atoms with Gasteiger partial charge in [-0.1, -0.05) is 17.8 Å². The molecule has 0 saturated carbocycles. The van der Waals surface area contributed by atoms with Crippen LogP contribution in [0.15, 0.2) is 35.5 Å². The van der Waals surface area contributed by atoms with E-state index >= 15 is 0 Å². The van der Waals surface area contributed by atoms with E-state index < -0.39 is 0 Å². The van der Waals surface area contributed by atoms with Crippen molar-refractivity contribution in [3.8, 4) is 0 Å². The van der Waals surface area contributed by atoms with Gasteiger partial charge in [-0.05, 0) is 32.0 Å². The Morgan fingerprint density at radius 2 is 2.17 bits per heavy atom. The Morgan fingerprint density at radius 1 is 1.39 bits per heavy atom. The van der Waals surface area contributed by atoms with Crippen LogP contribution in [0.3, 0.4) is 0 Å². The van der Waals surface area contributed by atoms with Gasteiger partial charge in [0.1, 0.15) is 0 Å². The van der Waals surface area contributed by atoms with Crippen molar-refractivity contribution in [3.05, 3.63) is 41.9 Å². The highest BCUT2D eigenvalue weighted by Gasteiger charge is 2.20. The Balaban J connectivity index is 2.25. The van der Waals surface area contributed by atoms with Gasteiger partial charge in [0.05, 0.1) is 21.7 Å². The quantitative estimate of drug-likeness (QED) is 0.859. The van der Waals surface area contributed by atoms with Crippen LogP contribution in [0.5, 0.6) is 0 Å². The van der Waals surface area contributed by atoms with Gasteiger partial charge in [-0.3, -0.25) is 9.67 Å². The molecule has 2 N–H and O–H groups in total. The molecule has 0 radical (unpaired) electrons. The molecule has 2 unspecified atom stereocenters. The standard InChI is InChI=1S/C13H18N4S/c1-9-8-12(17(3)16-9)18-13(10(2)14)11-6-4-5-7-15-11/h4-8,10,13H,14H2,1-3H3. The lowest BCUT2D eigenvalue weighted by atomic mass is 10.2. The number of nitrogens with zero attached hydrogens (tertiary/aromatic N) is 3. The van der Waals surface area contributed by atoms with E-state index in [0.29, 0.717) is 0 Å². The van der Waals surface area contributed by atoms with Gasteiger partial charge in [-0.25, -0.2) is 0 Å². The van der Waals surface area contributed by atoms with Crippen molar-refractivity contribution in [2.45, 2.75) is 30.2 Å². The maximum Gasteiger partial charge on any atom is 0.0946 e. The first-order valence-corrected chi connectivity index (χ1v) is 6.79. The molecule has 2 rings (SSSR count). The highest BCUT2D eigenvalue weighted by Crippen LogP contribution is 2.36. The smallest absolute Gasteiger partial charge is 0.0946 e. The zero-order chi connectivity index (χ0) is 13.1. The molecule has 2 aromatic heterocycles.